The first-order valence-corrected chi connectivity index (χ1v) is 15.7. The minimum Gasteiger partial charge on any atom is -0.444 e. The number of benzene rings is 2. The fourth-order valence-corrected chi connectivity index (χ4v) is 5.06. The molecule has 0 aliphatic heterocycles. The lowest BCUT2D eigenvalue weighted by atomic mass is 9.86. The van der Waals surface area contributed by atoms with Crippen molar-refractivity contribution in [1.82, 2.24) is 30.6 Å². The molecule has 4 N–H and O–H groups in total. The Morgan fingerprint density at radius 1 is 0.652 bits per heavy atom. The molecule has 4 aromatic rings. The number of imidazole rings is 2. The highest BCUT2D eigenvalue weighted by Gasteiger charge is 2.33. The number of amides is 2. The van der Waals surface area contributed by atoms with E-state index >= 15 is 0 Å². The summed E-state index contributed by atoms with van der Waals surface area (Å²) in [4.78, 5) is 41.5. The SMILES string of the molecule is CC(C)(C)OC(=O)N[C@H](c1ncc(-c2ccc(-c3ccc4nc([C@@H](NC(=O)OC(C)(C)C)C(C)(C)C)[nH]c4c3)cc2)[nH]1)C(C)(C)C. The van der Waals surface area contributed by atoms with Crippen LogP contribution in [0.5, 0.6) is 0 Å². The van der Waals surface area contributed by atoms with Crippen molar-refractivity contribution in [2.24, 2.45) is 10.8 Å². The molecule has 2 heterocycles. The van der Waals surface area contributed by atoms with Gasteiger partial charge in [-0.15, -0.1) is 0 Å². The van der Waals surface area contributed by atoms with Crippen LogP contribution in [0, 0.1) is 10.8 Å². The third-order valence-electron chi connectivity index (χ3n) is 7.23. The second-order valence-corrected chi connectivity index (χ2v) is 16.0. The molecule has 0 unspecified atom stereocenters. The standard InChI is InChI=1S/C36H50N6O4/c1-33(2,3)27(41-31(43)45-35(7,8)9)29-37-20-26(40-29)22-15-13-21(14-16-22)23-17-18-24-25(19-23)39-30(38-24)28(34(4,5)6)42-32(44)46-36(10,11)12/h13-20,27-28H,1-12H3,(H,37,40)(H,38,39)(H,41,43)(H,42,44)/t27-,28-/m1/s1. The van der Waals surface area contributed by atoms with Crippen LogP contribution in [-0.4, -0.2) is 43.3 Å². The third-order valence-corrected chi connectivity index (χ3v) is 7.23. The smallest absolute Gasteiger partial charge is 0.408 e. The van der Waals surface area contributed by atoms with E-state index in [1.54, 1.807) is 6.20 Å². The predicted molar refractivity (Wildman–Crippen MR) is 182 cm³/mol. The third kappa shape index (κ3) is 8.89. The number of ether oxygens (including phenoxy) is 2. The number of alkyl carbamates (subject to hydrolysis) is 2. The molecule has 2 amide bonds. The van der Waals surface area contributed by atoms with E-state index in [0.29, 0.717) is 11.6 Å². The number of rotatable bonds is 6. The zero-order valence-corrected chi connectivity index (χ0v) is 29.3. The van der Waals surface area contributed by atoms with Crippen LogP contribution in [0.2, 0.25) is 0 Å². The highest BCUT2D eigenvalue weighted by molar-refractivity contribution is 5.82. The Bertz CT molecular complexity index is 1670. The molecule has 10 heteroatoms. The van der Waals surface area contributed by atoms with Crippen LogP contribution in [0.1, 0.15) is 107 Å². The van der Waals surface area contributed by atoms with Gasteiger partial charge in [-0.25, -0.2) is 19.6 Å². The number of carbonyl (C=O) groups is 2. The number of hydrogen-bond donors (Lipinski definition) is 4. The molecule has 46 heavy (non-hydrogen) atoms. The van der Waals surface area contributed by atoms with E-state index in [9.17, 15) is 9.59 Å². The van der Waals surface area contributed by atoms with Gasteiger partial charge in [-0.2, -0.15) is 0 Å². The first-order valence-electron chi connectivity index (χ1n) is 15.7. The lowest BCUT2D eigenvalue weighted by molar-refractivity contribution is 0.0448. The maximum Gasteiger partial charge on any atom is 0.408 e. The summed E-state index contributed by atoms with van der Waals surface area (Å²) in [6.45, 7) is 23.4. The summed E-state index contributed by atoms with van der Waals surface area (Å²) in [5.74, 6) is 1.33. The molecule has 4 rings (SSSR count). The van der Waals surface area contributed by atoms with Gasteiger partial charge < -0.3 is 30.1 Å². The van der Waals surface area contributed by atoms with Gasteiger partial charge in [0, 0.05) is 0 Å². The van der Waals surface area contributed by atoms with Crippen LogP contribution in [0.15, 0.2) is 48.7 Å². The molecule has 0 spiro atoms. The van der Waals surface area contributed by atoms with Crippen molar-refractivity contribution in [1.29, 1.82) is 0 Å². The number of H-pyrrole nitrogens is 2. The molecule has 0 aliphatic rings. The second-order valence-electron chi connectivity index (χ2n) is 16.0. The molecule has 2 atom stereocenters. The van der Waals surface area contributed by atoms with Gasteiger partial charge >= 0.3 is 12.2 Å². The van der Waals surface area contributed by atoms with Gasteiger partial charge in [-0.05, 0) is 81.2 Å². The summed E-state index contributed by atoms with van der Waals surface area (Å²) in [6.07, 6.45) is 0.824. The average molecular weight is 631 g/mol. The van der Waals surface area contributed by atoms with E-state index in [2.05, 4.69) is 64.6 Å². The van der Waals surface area contributed by atoms with Crippen LogP contribution in [0.25, 0.3) is 33.4 Å². The van der Waals surface area contributed by atoms with Crippen molar-refractivity contribution >= 4 is 23.2 Å². The Hall–Kier alpha value is -4.34. The largest absolute Gasteiger partial charge is 0.444 e. The Morgan fingerprint density at radius 3 is 1.63 bits per heavy atom. The molecule has 2 aromatic heterocycles. The van der Waals surface area contributed by atoms with Crippen LogP contribution in [-0.2, 0) is 9.47 Å². The Labute approximate surface area is 272 Å². The fraction of sp³-hybridized carbons (Fsp3) is 0.500. The summed E-state index contributed by atoms with van der Waals surface area (Å²) >= 11 is 0. The van der Waals surface area contributed by atoms with E-state index in [1.165, 1.54) is 0 Å². The topological polar surface area (TPSA) is 134 Å². The minimum atomic E-state index is -0.599. The van der Waals surface area contributed by atoms with Crippen molar-refractivity contribution in [3.63, 3.8) is 0 Å². The fourth-order valence-electron chi connectivity index (χ4n) is 5.06. The Morgan fingerprint density at radius 2 is 1.13 bits per heavy atom. The number of nitrogens with one attached hydrogen (secondary N) is 4. The van der Waals surface area contributed by atoms with E-state index in [0.717, 1.165) is 33.4 Å². The molecule has 0 saturated carbocycles. The summed E-state index contributed by atoms with van der Waals surface area (Å²) in [5, 5.41) is 5.99. The zero-order valence-electron chi connectivity index (χ0n) is 29.3. The molecule has 10 nitrogen and oxygen atoms in total. The molecule has 2 aromatic carbocycles. The monoisotopic (exact) mass is 630 g/mol. The van der Waals surface area contributed by atoms with Gasteiger partial charge in [-0.3, -0.25) is 0 Å². The lowest BCUT2D eigenvalue weighted by Gasteiger charge is -2.31. The van der Waals surface area contributed by atoms with E-state index < -0.39 is 23.4 Å². The Balaban J connectivity index is 1.55. The molecule has 0 saturated heterocycles. The maximum absolute atomic E-state index is 12.6. The highest BCUT2D eigenvalue weighted by atomic mass is 16.6. The Kier molecular flexibility index (Phi) is 9.35. The van der Waals surface area contributed by atoms with E-state index in [4.69, 9.17) is 14.5 Å². The van der Waals surface area contributed by atoms with Gasteiger partial charge in [0.15, 0.2) is 0 Å². The summed E-state index contributed by atoms with van der Waals surface area (Å²) in [6, 6.07) is 13.6. The van der Waals surface area contributed by atoms with Gasteiger partial charge in [0.05, 0.1) is 35.0 Å². The molecule has 0 aliphatic carbocycles. The second kappa shape index (κ2) is 12.5. The van der Waals surface area contributed by atoms with Gasteiger partial charge in [0.2, 0.25) is 0 Å². The van der Waals surface area contributed by atoms with Crippen LogP contribution < -0.4 is 10.6 Å². The van der Waals surface area contributed by atoms with Crippen molar-refractivity contribution in [2.45, 2.75) is 106 Å². The van der Waals surface area contributed by atoms with Crippen molar-refractivity contribution in [3.05, 3.63) is 60.3 Å². The number of hydrogen-bond acceptors (Lipinski definition) is 6. The number of fused-ring (bicyclic) bond motifs is 1. The van der Waals surface area contributed by atoms with E-state index in [1.807, 2.05) is 86.6 Å². The predicted octanol–water partition coefficient (Wildman–Crippen LogP) is 8.84. The number of aromatic amines is 2. The summed E-state index contributed by atoms with van der Waals surface area (Å²) < 4.78 is 11.0. The normalized spacial score (nSPS) is 14.1. The van der Waals surface area contributed by atoms with E-state index in [-0.39, 0.29) is 22.9 Å². The van der Waals surface area contributed by atoms with Gasteiger partial charge in [0.1, 0.15) is 22.9 Å². The minimum absolute atomic E-state index is 0.306. The average Bonchev–Trinajstić information content (AvgIpc) is 3.54. The lowest BCUT2D eigenvalue weighted by Crippen LogP contribution is -2.40. The highest BCUT2D eigenvalue weighted by Crippen LogP contribution is 2.35. The van der Waals surface area contributed by atoms with Crippen molar-refractivity contribution in [3.8, 4) is 22.4 Å². The molecule has 0 radical (unpaired) electrons. The molecular formula is C36H50N6O4. The van der Waals surface area contributed by atoms with Crippen LogP contribution in [0.4, 0.5) is 9.59 Å². The molecule has 248 valence electrons. The zero-order chi connectivity index (χ0) is 34.2. The number of carbonyl (C=O) groups excluding carboxylic acids is 2. The number of aromatic nitrogens is 4. The molecule has 0 bridgehead atoms. The van der Waals surface area contributed by atoms with Gasteiger partial charge in [-0.1, -0.05) is 71.9 Å². The summed E-state index contributed by atoms with van der Waals surface area (Å²) in [7, 11) is 0. The van der Waals surface area contributed by atoms with Crippen LogP contribution >= 0.6 is 0 Å². The van der Waals surface area contributed by atoms with Gasteiger partial charge in [0.25, 0.3) is 0 Å². The summed E-state index contributed by atoms with van der Waals surface area (Å²) in [5.41, 5.74) is 3.77. The first kappa shape index (κ1) is 34.5. The maximum atomic E-state index is 12.6. The molecule has 0 fully saturated rings. The quantitative estimate of drug-likeness (QED) is 0.168. The molecular weight excluding hydrogens is 580 g/mol. The first-order chi connectivity index (χ1) is 21.1. The van der Waals surface area contributed by atoms with Crippen molar-refractivity contribution < 1.29 is 19.1 Å². The van der Waals surface area contributed by atoms with Crippen molar-refractivity contribution in [2.75, 3.05) is 0 Å². The number of nitrogens with zero attached hydrogens (tertiary/aromatic N) is 2. The van der Waals surface area contributed by atoms with Crippen LogP contribution in [0.3, 0.4) is 0 Å².